The second kappa shape index (κ2) is 7.93. The van der Waals surface area contributed by atoms with E-state index in [4.69, 9.17) is 32.2 Å². The predicted octanol–water partition coefficient (Wildman–Crippen LogP) is 4.29. The van der Waals surface area contributed by atoms with Crippen LogP contribution >= 0.6 is 23.2 Å². The minimum absolute atomic E-state index is 0.0757. The van der Waals surface area contributed by atoms with Gasteiger partial charge in [0.15, 0.2) is 0 Å². The molecular weight excluding hydrogens is 403 g/mol. The Hall–Kier alpha value is -2.38. The van der Waals surface area contributed by atoms with Gasteiger partial charge in [-0.1, -0.05) is 33.5 Å². The molecular formula is C19H18Cl2N4O3. The molecule has 4 rings (SSSR count). The van der Waals surface area contributed by atoms with Crippen LogP contribution < -0.4 is 0 Å². The highest BCUT2D eigenvalue weighted by Gasteiger charge is 2.28. The van der Waals surface area contributed by atoms with E-state index in [-0.39, 0.29) is 11.8 Å². The maximum Gasteiger partial charge on any atom is 0.230 e. The van der Waals surface area contributed by atoms with Crippen molar-refractivity contribution in [3.05, 3.63) is 51.7 Å². The van der Waals surface area contributed by atoms with Crippen molar-refractivity contribution in [2.24, 2.45) is 0 Å². The molecule has 1 aromatic carbocycles. The van der Waals surface area contributed by atoms with Gasteiger partial charge in [-0.3, -0.25) is 4.79 Å². The summed E-state index contributed by atoms with van der Waals surface area (Å²) in [7, 11) is 0. The molecule has 3 heterocycles. The molecule has 146 valence electrons. The molecule has 1 aliphatic heterocycles. The molecule has 0 radical (unpaired) electrons. The Kier molecular flexibility index (Phi) is 5.37. The normalized spacial score (nSPS) is 15.2. The topological polar surface area (TPSA) is 85.3 Å². The van der Waals surface area contributed by atoms with Gasteiger partial charge in [0.05, 0.1) is 22.2 Å². The lowest BCUT2D eigenvalue weighted by atomic mass is 9.96. The van der Waals surface area contributed by atoms with Gasteiger partial charge in [0.25, 0.3) is 0 Å². The summed E-state index contributed by atoms with van der Waals surface area (Å²) in [4.78, 5) is 18.9. The number of likely N-dealkylation sites (tertiary alicyclic amines) is 1. The number of hydrogen-bond acceptors (Lipinski definition) is 6. The van der Waals surface area contributed by atoms with Crippen molar-refractivity contribution in [2.45, 2.75) is 32.1 Å². The van der Waals surface area contributed by atoms with Crippen LogP contribution in [-0.4, -0.2) is 39.2 Å². The molecule has 7 nitrogen and oxygen atoms in total. The van der Waals surface area contributed by atoms with E-state index >= 15 is 0 Å². The lowest BCUT2D eigenvalue weighted by Gasteiger charge is -2.30. The van der Waals surface area contributed by atoms with Gasteiger partial charge in [-0.15, -0.1) is 0 Å². The summed E-state index contributed by atoms with van der Waals surface area (Å²) < 4.78 is 10.4. The number of nitrogens with zero attached hydrogens (tertiary/aromatic N) is 4. The highest BCUT2D eigenvalue weighted by molar-refractivity contribution is 6.42. The molecule has 0 atom stereocenters. The van der Waals surface area contributed by atoms with Crippen LogP contribution in [0.25, 0.3) is 11.4 Å². The molecule has 3 aromatic rings. The fraction of sp³-hybridized carbons (Fsp3) is 0.368. The van der Waals surface area contributed by atoms with Gasteiger partial charge in [-0.25, -0.2) is 0 Å². The molecule has 0 unspecified atom stereocenters. The summed E-state index contributed by atoms with van der Waals surface area (Å²) in [5, 5.41) is 8.80. The number of halogens is 2. The highest BCUT2D eigenvalue weighted by atomic mass is 35.5. The van der Waals surface area contributed by atoms with Crippen LogP contribution in [-0.2, 0) is 11.2 Å². The van der Waals surface area contributed by atoms with Crippen LogP contribution in [0.3, 0.4) is 0 Å². The quantitative estimate of drug-likeness (QED) is 0.625. The van der Waals surface area contributed by atoms with Crippen LogP contribution in [0, 0.1) is 6.92 Å². The van der Waals surface area contributed by atoms with E-state index in [0.717, 1.165) is 29.7 Å². The zero-order valence-electron chi connectivity index (χ0n) is 15.2. The molecule has 1 fully saturated rings. The maximum absolute atomic E-state index is 12.5. The van der Waals surface area contributed by atoms with Gasteiger partial charge in [-0.2, -0.15) is 4.98 Å². The Morgan fingerprint density at radius 3 is 2.68 bits per heavy atom. The number of carbonyl (C=O) groups is 1. The second-order valence-corrected chi connectivity index (χ2v) is 7.66. The summed E-state index contributed by atoms with van der Waals surface area (Å²) >= 11 is 12.0. The van der Waals surface area contributed by atoms with E-state index in [0.29, 0.717) is 41.3 Å². The molecule has 1 amide bonds. The predicted molar refractivity (Wildman–Crippen MR) is 103 cm³/mol. The summed E-state index contributed by atoms with van der Waals surface area (Å²) in [6.45, 7) is 3.13. The lowest BCUT2D eigenvalue weighted by Crippen LogP contribution is -2.38. The molecule has 0 N–H and O–H groups in total. The van der Waals surface area contributed by atoms with Crippen LogP contribution in [0.2, 0.25) is 10.0 Å². The number of rotatable bonds is 4. The number of hydrogen-bond donors (Lipinski definition) is 0. The first-order valence-electron chi connectivity index (χ1n) is 8.98. The van der Waals surface area contributed by atoms with Crippen LogP contribution in [0.5, 0.6) is 0 Å². The molecule has 2 aromatic heterocycles. The van der Waals surface area contributed by atoms with E-state index in [1.165, 1.54) is 6.26 Å². The van der Waals surface area contributed by atoms with E-state index in [1.807, 2.05) is 11.8 Å². The fourth-order valence-corrected chi connectivity index (χ4v) is 3.58. The Labute approximate surface area is 171 Å². The number of aromatic nitrogens is 3. The first-order valence-corrected chi connectivity index (χ1v) is 9.73. The first kappa shape index (κ1) is 19.0. The Balaban J connectivity index is 1.37. The van der Waals surface area contributed by atoms with Gasteiger partial charge in [-0.05, 0) is 38.0 Å². The van der Waals surface area contributed by atoms with Crippen LogP contribution in [0.1, 0.15) is 35.9 Å². The summed E-state index contributed by atoms with van der Waals surface area (Å²) in [6, 6.07) is 5.22. The van der Waals surface area contributed by atoms with Crippen molar-refractivity contribution in [1.82, 2.24) is 20.2 Å². The number of carbonyl (C=O) groups excluding carboxylic acids is 1. The molecule has 0 spiro atoms. The van der Waals surface area contributed by atoms with E-state index in [1.54, 1.807) is 18.2 Å². The zero-order chi connectivity index (χ0) is 19.7. The van der Waals surface area contributed by atoms with Crippen molar-refractivity contribution in [3.8, 4) is 11.4 Å². The third kappa shape index (κ3) is 3.91. The molecule has 0 saturated carbocycles. The summed E-state index contributed by atoms with van der Waals surface area (Å²) in [5.74, 6) is 1.27. The van der Waals surface area contributed by atoms with Crippen molar-refractivity contribution < 1.29 is 13.8 Å². The van der Waals surface area contributed by atoms with E-state index in [9.17, 15) is 4.79 Å². The molecule has 0 bridgehead atoms. The number of amides is 1. The van der Waals surface area contributed by atoms with Gasteiger partial charge >= 0.3 is 0 Å². The second-order valence-electron chi connectivity index (χ2n) is 6.84. The number of benzene rings is 1. The average Bonchev–Trinajstić information content (AvgIpc) is 3.34. The lowest BCUT2D eigenvalue weighted by molar-refractivity contribution is -0.131. The Morgan fingerprint density at radius 1 is 1.21 bits per heavy atom. The monoisotopic (exact) mass is 420 g/mol. The largest absolute Gasteiger partial charge is 0.364 e. The van der Waals surface area contributed by atoms with E-state index in [2.05, 4.69) is 15.3 Å². The maximum atomic E-state index is 12.5. The van der Waals surface area contributed by atoms with Gasteiger partial charge in [0, 0.05) is 30.1 Å². The fourth-order valence-electron chi connectivity index (χ4n) is 3.29. The minimum Gasteiger partial charge on any atom is -0.364 e. The van der Waals surface area contributed by atoms with Crippen molar-refractivity contribution >= 4 is 29.1 Å². The summed E-state index contributed by atoms with van der Waals surface area (Å²) in [6.07, 6.45) is 3.39. The number of piperidine rings is 1. The SMILES string of the molecule is Cc1nocc1CC(=O)N1CCC(c2nc(-c3ccc(Cl)c(Cl)c3)no2)CC1. The van der Waals surface area contributed by atoms with Crippen molar-refractivity contribution in [1.29, 1.82) is 0 Å². The van der Waals surface area contributed by atoms with Crippen molar-refractivity contribution in [3.63, 3.8) is 0 Å². The Bertz CT molecular complexity index is 993. The van der Waals surface area contributed by atoms with Gasteiger partial charge < -0.3 is 13.9 Å². The zero-order valence-corrected chi connectivity index (χ0v) is 16.7. The first-order chi connectivity index (χ1) is 13.5. The molecule has 9 heteroatoms. The van der Waals surface area contributed by atoms with Gasteiger partial charge in [0.1, 0.15) is 6.26 Å². The smallest absolute Gasteiger partial charge is 0.230 e. The van der Waals surface area contributed by atoms with E-state index < -0.39 is 0 Å². The molecule has 0 aliphatic carbocycles. The molecule has 1 aliphatic rings. The summed E-state index contributed by atoms with van der Waals surface area (Å²) in [5.41, 5.74) is 2.33. The Morgan fingerprint density at radius 2 is 2.00 bits per heavy atom. The van der Waals surface area contributed by atoms with Crippen molar-refractivity contribution in [2.75, 3.05) is 13.1 Å². The average molecular weight is 421 g/mol. The van der Waals surface area contributed by atoms with Crippen LogP contribution in [0.4, 0.5) is 0 Å². The minimum atomic E-state index is 0.0757. The van der Waals surface area contributed by atoms with Gasteiger partial charge in [0.2, 0.25) is 17.6 Å². The van der Waals surface area contributed by atoms with Crippen LogP contribution in [0.15, 0.2) is 33.5 Å². The highest BCUT2D eigenvalue weighted by Crippen LogP contribution is 2.31. The standard InChI is InChI=1S/C19H18Cl2N4O3/c1-11-14(10-27-23-11)9-17(26)25-6-4-12(5-7-25)19-22-18(24-28-19)13-2-3-15(20)16(21)8-13/h2-3,8,10,12H,4-7,9H2,1H3. The number of aryl methyl sites for hydroxylation is 1. The third-order valence-corrected chi connectivity index (χ3v) is 5.75. The third-order valence-electron chi connectivity index (χ3n) is 5.01. The molecule has 1 saturated heterocycles. The molecule has 28 heavy (non-hydrogen) atoms.